The molecule has 4 nitrogen and oxygen atoms in total. The van der Waals surface area contributed by atoms with Gasteiger partial charge in [-0.25, -0.2) is 0 Å². The van der Waals surface area contributed by atoms with Gasteiger partial charge in [-0.15, -0.1) is 0 Å². The van der Waals surface area contributed by atoms with Gasteiger partial charge in [0.15, 0.2) is 5.78 Å². The van der Waals surface area contributed by atoms with E-state index in [1.54, 1.807) is 0 Å². The lowest BCUT2D eigenvalue weighted by Gasteiger charge is -1.90. The van der Waals surface area contributed by atoms with Crippen LogP contribution in [0.2, 0.25) is 0 Å². The summed E-state index contributed by atoms with van der Waals surface area (Å²) >= 11 is 0. The zero-order valence-electron chi connectivity index (χ0n) is 5.28. The van der Waals surface area contributed by atoms with Crippen LogP contribution >= 0.6 is 0 Å². The highest BCUT2D eigenvalue weighted by atomic mass is 32.2. The minimum Gasteiger partial charge on any atom is -0.295 e. The summed E-state index contributed by atoms with van der Waals surface area (Å²) in [5, 5.41) is 0. The van der Waals surface area contributed by atoms with Crippen LogP contribution in [0.5, 0.6) is 0 Å². The topological polar surface area (TPSA) is 71.4 Å². The predicted molar refractivity (Wildman–Crippen MR) is 36.2 cm³/mol. The Labute approximate surface area is 59.3 Å². The molecule has 0 unspecified atom stereocenters. The number of hydrogen-bond donors (Lipinski definition) is 1. The fraction of sp³-hybridized carbons (Fsp3) is 0.400. The molecule has 10 heavy (non-hydrogen) atoms. The molecule has 0 spiro atoms. The SMILES string of the molecule is C=CC(=O)CCS(=O)(=O)O. The Morgan fingerprint density at radius 2 is 2.10 bits per heavy atom. The van der Waals surface area contributed by atoms with Gasteiger partial charge in [-0.05, 0) is 6.08 Å². The van der Waals surface area contributed by atoms with Crippen LogP contribution in [0.3, 0.4) is 0 Å². The molecule has 0 aliphatic rings. The second-order valence-corrected chi connectivity index (χ2v) is 3.28. The summed E-state index contributed by atoms with van der Waals surface area (Å²) in [6.07, 6.45) is 0.813. The summed E-state index contributed by atoms with van der Waals surface area (Å²) in [7, 11) is -4.00. The van der Waals surface area contributed by atoms with Gasteiger partial charge < -0.3 is 0 Å². The van der Waals surface area contributed by atoms with E-state index in [0.29, 0.717) is 0 Å². The highest BCUT2D eigenvalue weighted by Crippen LogP contribution is 1.89. The van der Waals surface area contributed by atoms with Crippen molar-refractivity contribution in [3.63, 3.8) is 0 Å². The zero-order chi connectivity index (χ0) is 8.20. The fourth-order valence-electron chi connectivity index (χ4n) is 0.332. The highest BCUT2D eigenvalue weighted by molar-refractivity contribution is 7.85. The average Bonchev–Trinajstić information content (AvgIpc) is 1.81. The summed E-state index contributed by atoms with van der Waals surface area (Å²) in [5.41, 5.74) is 0. The van der Waals surface area contributed by atoms with Gasteiger partial charge in [-0.3, -0.25) is 9.35 Å². The van der Waals surface area contributed by atoms with E-state index in [2.05, 4.69) is 6.58 Å². The molecule has 0 fully saturated rings. The van der Waals surface area contributed by atoms with Crippen LogP contribution in [0.25, 0.3) is 0 Å². The van der Waals surface area contributed by atoms with Gasteiger partial charge in [-0.1, -0.05) is 6.58 Å². The minimum atomic E-state index is -4.00. The Balaban J connectivity index is 3.78. The normalized spacial score (nSPS) is 10.9. The van der Waals surface area contributed by atoms with Crippen LogP contribution in [-0.4, -0.2) is 24.5 Å². The fourth-order valence-corrected chi connectivity index (χ4v) is 0.791. The van der Waals surface area contributed by atoms with Crippen LogP contribution in [0.15, 0.2) is 12.7 Å². The van der Waals surface area contributed by atoms with Gasteiger partial charge in [0.2, 0.25) is 0 Å². The molecular formula is C5H8O4S. The van der Waals surface area contributed by atoms with Crippen molar-refractivity contribution in [3.8, 4) is 0 Å². The van der Waals surface area contributed by atoms with E-state index >= 15 is 0 Å². The first kappa shape index (κ1) is 9.32. The smallest absolute Gasteiger partial charge is 0.265 e. The summed E-state index contributed by atoms with van der Waals surface area (Å²) < 4.78 is 28.2. The lowest BCUT2D eigenvalue weighted by atomic mass is 10.3. The lowest BCUT2D eigenvalue weighted by molar-refractivity contribution is -0.114. The lowest BCUT2D eigenvalue weighted by Crippen LogP contribution is -2.07. The number of hydrogen-bond acceptors (Lipinski definition) is 3. The number of allylic oxidation sites excluding steroid dienone is 1. The second kappa shape index (κ2) is 3.48. The van der Waals surface area contributed by atoms with E-state index in [1.165, 1.54) is 0 Å². The quantitative estimate of drug-likeness (QED) is 0.469. The predicted octanol–water partition coefficient (Wildman–Crippen LogP) is 0.0194. The number of rotatable bonds is 4. The molecule has 0 atom stereocenters. The summed E-state index contributed by atoms with van der Waals surface area (Å²) in [4.78, 5) is 10.4. The third-order valence-electron chi connectivity index (χ3n) is 0.834. The molecule has 0 heterocycles. The van der Waals surface area contributed by atoms with Crippen LogP contribution in [0.1, 0.15) is 6.42 Å². The molecule has 0 aromatic rings. The Hall–Kier alpha value is -0.680. The zero-order valence-corrected chi connectivity index (χ0v) is 6.10. The first-order chi connectivity index (χ1) is 4.45. The Kier molecular flexibility index (Phi) is 3.24. The van der Waals surface area contributed by atoms with Crippen LogP contribution < -0.4 is 0 Å². The molecule has 58 valence electrons. The molecule has 1 N–H and O–H groups in total. The molecule has 0 saturated heterocycles. The van der Waals surface area contributed by atoms with E-state index in [1.807, 2.05) is 0 Å². The van der Waals surface area contributed by atoms with Gasteiger partial charge in [-0.2, -0.15) is 8.42 Å². The van der Waals surface area contributed by atoms with Gasteiger partial charge in [0.05, 0.1) is 5.75 Å². The largest absolute Gasteiger partial charge is 0.295 e. The number of carbonyl (C=O) groups excluding carboxylic acids is 1. The standard InChI is InChI=1S/C5H8O4S/c1-2-5(6)3-4-10(7,8)9/h2H,1,3-4H2,(H,7,8,9). The van der Waals surface area contributed by atoms with Crippen LogP contribution in [0.4, 0.5) is 0 Å². The van der Waals surface area contributed by atoms with E-state index in [0.717, 1.165) is 6.08 Å². The summed E-state index contributed by atoms with van der Waals surface area (Å²) in [6, 6.07) is 0. The first-order valence-corrected chi connectivity index (χ1v) is 4.17. The van der Waals surface area contributed by atoms with Crippen molar-refractivity contribution in [1.82, 2.24) is 0 Å². The highest BCUT2D eigenvalue weighted by Gasteiger charge is 2.05. The minimum absolute atomic E-state index is 0.206. The monoisotopic (exact) mass is 164 g/mol. The van der Waals surface area contributed by atoms with E-state index in [9.17, 15) is 13.2 Å². The number of ketones is 1. The third kappa shape index (κ3) is 5.46. The molecule has 0 aliphatic carbocycles. The average molecular weight is 164 g/mol. The van der Waals surface area contributed by atoms with E-state index in [4.69, 9.17) is 4.55 Å². The first-order valence-electron chi connectivity index (χ1n) is 2.56. The van der Waals surface area contributed by atoms with Crippen molar-refractivity contribution in [2.45, 2.75) is 6.42 Å². The molecule has 0 rings (SSSR count). The Morgan fingerprint density at radius 1 is 1.60 bits per heavy atom. The third-order valence-corrected chi connectivity index (χ3v) is 1.55. The maximum absolute atomic E-state index is 10.4. The molecule has 0 saturated carbocycles. The Morgan fingerprint density at radius 3 is 2.40 bits per heavy atom. The van der Waals surface area contributed by atoms with E-state index in [-0.39, 0.29) is 6.42 Å². The molecule has 0 aliphatic heterocycles. The van der Waals surface area contributed by atoms with Crippen molar-refractivity contribution < 1.29 is 17.8 Å². The summed E-state index contributed by atoms with van der Waals surface area (Å²) in [5.74, 6) is -0.921. The summed E-state index contributed by atoms with van der Waals surface area (Å²) in [6.45, 7) is 3.14. The molecular weight excluding hydrogens is 156 g/mol. The van der Waals surface area contributed by atoms with Crippen molar-refractivity contribution in [1.29, 1.82) is 0 Å². The number of carbonyl (C=O) groups is 1. The molecule has 0 aromatic carbocycles. The molecule has 0 bridgehead atoms. The van der Waals surface area contributed by atoms with Crippen molar-refractivity contribution in [2.75, 3.05) is 5.75 Å². The van der Waals surface area contributed by atoms with Gasteiger partial charge in [0, 0.05) is 6.42 Å². The van der Waals surface area contributed by atoms with E-state index < -0.39 is 21.7 Å². The van der Waals surface area contributed by atoms with Crippen LogP contribution in [0, 0.1) is 0 Å². The molecule has 0 aromatic heterocycles. The van der Waals surface area contributed by atoms with Gasteiger partial charge in [0.1, 0.15) is 0 Å². The van der Waals surface area contributed by atoms with Crippen molar-refractivity contribution >= 4 is 15.9 Å². The van der Waals surface area contributed by atoms with Gasteiger partial charge in [0.25, 0.3) is 10.1 Å². The molecule has 5 heteroatoms. The van der Waals surface area contributed by atoms with Crippen molar-refractivity contribution in [2.24, 2.45) is 0 Å². The van der Waals surface area contributed by atoms with Crippen molar-refractivity contribution in [3.05, 3.63) is 12.7 Å². The second-order valence-electron chi connectivity index (χ2n) is 1.71. The Bertz CT molecular complexity index is 226. The van der Waals surface area contributed by atoms with Crippen LogP contribution in [-0.2, 0) is 14.9 Å². The maximum atomic E-state index is 10.4. The molecule has 0 radical (unpaired) electrons. The maximum Gasteiger partial charge on any atom is 0.265 e. The molecule has 0 amide bonds. The van der Waals surface area contributed by atoms with Gasteiger partial charge >= 0.3 is 0 Å².